The smallest absolute Gasteiger partial charge is 0.0905 e. The van der Waals surface area contributed by atoms with Gasteiger partial charge in [0, 0.05) is 0 Å². The van der Waals surface area contributed by atoms with Crippen molar-refractivity contribution in [3.8, 4) is 11.1 Å². The van der Waals surface area contributed by atoms with E-state index in [0.717, 1.165) is 23.9 Å². The van der Waals surface area contributed by atoms with Crippen molar-refractivity contribution < 1.29 is 4.39 Å². The van der Waals surface area contributed by atoms with Crippen LogP contribution >= 0.6 is 23.5 Å². The molecule has 0 saturated carbocycles. The highest BCUT2D eigenvalue weighted by atomic mass is 32.2. The molecule has 0 nitrogen and oxygen atoms in total. The third-order valence-corrected chi connectivity index (χ3v) is 6.72. The number of hydrogen-bond donors (Lipinski definition) is 0. The van der Waals surface area contributed by atoms with Gasteiger partial charge in [-0.1, -0.05) is 54.6 Å². The molecule has 0 atom stereocenters. The molecule has 114 valence electrons. The van der Waals surface area contributed by atoms with E-state index in [1.807, 2.05) is 53.9 Å². The minimum absolute atomic E-state index is 0.490. The highest BCUT2D eigenvalue weighted by Crippen LogP contribution is 2.37. The fraction of sp³-hybridized carbons (Fsp3) is 0.263. The van der Waals surface area contributed by atoms with Crippen LogP contribution < -0.4 is 0 Å². The van der Waals surface area contributed by atoms with Crippen LogP contribution in [0.2, 0.25) is 0 Å². The summed E-state index contributed by atoms with van der Waals surface area (Å²) in [6.45, 7) is 0. The third-order valence-electron chi connectivity index (χ3n) is 3.78. The number of benzene rings is 2. The zero-order valence-corrected chi connectivity index (χ0v) is 14.0. The summed E-state index contributed by atoms with van der Waals surface area (Å²) in [4.78, 5) is 0. The topological polar surface area (TPSA) is 0 Å². The highest BCUT2D eigenvalue weighted by molar-refractivity contribution is 8.17. The second-order valence-corrected chi connectivity index (χ2v) is 8.23. The van der Waals surface area contributed by atoms with Gasteiger partial charge in [-0.2, -0.15) is 0 Å². The molecule has 0 bridgehead atoms. The Hall–Kier alpha value is -1.19. The van der Waals surface area contributed by atoms with Gasteiger partial charge >= 0.3 is 0 Å². The Morgan fingerprint density at radius 3 is 2.23 bits per heavy atom. The largest absolute Gasteiger partial charge is 0.215 e. The normalized spacial score (nSPS) is 16.7. The zero-order chi connectivity index (χ0) is 15.2. The molecule has 0 aliphatic carbocycles. The van der Waals surface area contributed by atoms with Crippen molar-refractivity contribution in [3.05, 3.63) is 66.5 Å². The SMILES string of the molecule is FC=C(CC1SCCCS1)c1ccc(-c2ccccc2)cc1. The first-order valence-corrected chi connectivity index (χ1v) is 9.65. The van der Waals surface area contributed by atoms with E-state index < -0.39 is 0 Å². The molecular formula is C19H19FS2. The van der Waals surface area contributed by atoms with Crippen LogP contribution in [0.5, 0.6) is 0 Å². The van der Waals surface area contributed by atoms with E-state index in [1.54, 1.807) is 0 Å². The van der Waals surface area contributed by atoms with Crippen LogP contribution in [0.25, 0.3) is 16.7 Å². The van der Waals surface area contributed by atoms with E-state index in [-0.39, 0.29) is 0 Å². The molecule has 1 aliphatic heterocycles. The molecule has 3 heteroatoms. The van der Waals surface area contributed by atoms with E-state index in [1.165, 1.54) is 29.1 Å². The van der Waals surface area contributed by atoms with Crippen LogP contribution in [0.15, 0.2) is 60.9 Å². The molecule has 0 N–H and O–H groups in total. The lowest BCUT2D eigenvalue weighted by Crippen LogP contribution is -2.07. The van der Waals surface area contributed by atoms with Crippen LogP contribution in [0, 0.1) is 0 Å². The molecule has 22 heavy (non-hydrogen) atoms. The molecule has 0 unspecified atom stereocenters. The average Bonchev–Trinajstić information content (AvgIpc) is 2.61. The standard InChI is InChI=1S/C19H19FS2/c20-14-18(13-19-21-11-4-12-22-19)17-9-7-16(8-10-17)15-5-2-1-3-6-15/h1-3,5-10,14,19H,4,11-13H2. The van der Waals surface area contributed by atoms with Gasteiger partial charge in [-0.05, 0) is 46.6 Å². The van der Waals surface area contributed by atoms with Crippen LogP contribution in [0.1, 0.15) is 18.4 Å². The first-order valence-electron chi connectivity index (χ1n) is 7.55. The Labute approximate surface area is 140 Å². The first kappa shape index (κ1) is 15.7. The molecule has 0 amide bonds. The van der Waals surface area contributed by atoms with Crippen molar-refractivity contribution in [1.82, 2.24) is 0 Å². The molecule has 0 spiro atoms. The van der Waals surface area contributed by atoms with Gasteiger partial charge in [-0.25, -0.2) is 4.39 Å². The maximum Gasteiger partial charge on any atom is 0.0905 e. The maximum absolute atomic E-state index is 13.3. The summed E-state index contributed by atoms with van der Waals surface area (Å²) in [5, 5.41) is 0. The van der Waals surface area contributed by atoms with E-state index in [4.69, 9.17) is 0 Å². The van der Waals surface area contributed by atoms with Gasteiger partial charge in [-0.3, -0.25) is 0 Å². The molecule has 1 saturated heterocycles. The van der Waals surface area contributed by atoms with E-state index in [9.17, 15) is 4.39 Å². The van der Waals surface area contributed by atoms with Crippen LogP contribution in [-0.4, -0.2) is 16.1 Å². The summed E-state index contributed by atoms with van der Waals surface area (Å²) in [6, 6.07) is 18.5. The summed E-state index contributed by atoms with van der Waals surface area (Å²) >= 11 is 3.91. The summed E-state index contributed by atoms with van der Waals surface area (Å²) < 4.78 is 13.8. The van der Waals surface area contributed by atoms with Crippen LogP contribution in [0.4, 0.5) is 4.39 Å². The molecular weight excluding hydrogens is 311 g/mol. The van der Waals surface area contributed by atoms with Gasteiger partial charge in [0.1, 0.15) is 0 Å². The Morgan fingerprint density at radius 1 is 0.955 bits per heavy atom. The molecule has 0 radical (unpaired) electrons. The third kappa shape index (κ3) is 3.96. The summed E-state index contributed by atoms with van der Waals surface area (Å²) in [5.74, 6) is 2.40. The van der Waals surface area contributed by atoms with Gasteiger partial charge in [0.25, 0.3) is 0 Å². The zero-order valence-electron chi connectivity index (χ0n) is 12.4. The maximum atomic E-state index is 13.3. The predicted octanol–water partition coefficient (Wildman–Crippen LogP) is 6.25. The quantitative estimate of drug-likeness (QED) is 0.650. The molecule has 2 aromatic rings. The Kier molecular flexibility index (Phi) is 5.63. The Morgan fingerprint density at radius 2 is 1.59 bits per heavy atom. The van der Waals surface area contributed by atoms with Crippen LogP contribution in [0.3, 0.4) is 0 Å². The fourth-order valence-electron chi connectivity index (χ4n) is 2.57. The second kappa shape index (κ2) is 7.89. The number of allylic oxidation sites excluding steroid dienone is 1. The van der Waals surface area contributed by atoms with Crippen molar-refractivity contribution in [2.75, 3.05) is 11.5 Å². The summed E-state index contributed by atoms with van der Waals surface area (Å²) in [6.07, 6.45) is 2.86. The van der Waals surface area contributed by atoms with Gasteiger partial charge < -0.3 is 0 Å². The first-order chi connectivity index (χ1) is 10.9. The minimum atomic E-state index is 0.490. The van der Waals surface area contributed by atoms with Gasteiger partial charge in [0.2, 0.25) is 0 Å². The lowest BCUT2D eigenvalue weighted by atomic mass is 10.00. The number of rotatable bonds is 4. The summed E-state index contributed by atoms with van der Waals surface area (Å²) in [5.41, 5.74) is 4.17. The van der Waals surface area contributed by atoms with Crippen molar-refractivity contribution in [2.45, 2.75) is 17.4 Å². The monoisotopic (exact) mass is 330 g/mol. The van der Waals surface area contributed by atoms with E-state index in [2.05, 4.69) is 24.3 Å². The van der Waals surface area contributed by atoms with Gasteiger partial charge in [0.05, 0.1) is 10.9 Å². The molecule has 2 aromatic carbocycles. The summed E-state index contributed by atoms with van der Waals surface area (Å²) in [7, 11) is 0. The lowest BCUT2D eigenvalue weighted by Gasteiger charge is -2.21. The second-order valence-electron chi connectivity index (χ2n) is 5.31. The number of thioether (sulfide) groups is 2. The average molecular weight is 330 g/mol. The molecule has 1 aliphatic rings. The van der Waals surface area contributed by atoms with Crippen molar-refractivity contribution in [1.29, 1.82) is 0 Å². The van der Waals surface area contributed by atoms with Gasteiger partial charge in [0.15, 0.2) is 0 Å². The van der Waals surface area contributed by atoms with Gasteiger partial charge in [-0.15, -0.1) is 23.5 Å². The van der Waals surface area contributed by atoms with Crippen molar-refractivity contribution >= 4 is 29.1 Å². The number of hydrogen-bond acceptors (Lipinski definition) is 2. The Bertz CT molecular complexity index is 614. The Balaban J connectivity index is 1.73. The molecule has 1 fully saturated rings. The number of halogens is 1. The molecule has 1 heterocycles. The minimum Gasteiger partial charge on any atom is -0.215 e. The van der Waals surface area contributed by atoms with Crippen LogP contribution in [-0.2, 0) is 0 Å². The van der Waals surface area contributed by atoms with E-state index in [0.29, 0.717) is 4.58 Å². The fourth-order valence-corrected chi connectivity index (χ4v) is 5.45. The predicted molar refractivity (Wildman–Crippen MR) is 98.9 cm³/mol. The molecule has 3 rings (SSSR count). The van der Waals surface area contributed by atoms with E-state index >= 15 is 0 Å². The molecule has 0 aromatic heterocycles. The van der Waals surface area contributed by atoms with Crippen molar-refractivity contribution in [2.24, 2.45) is 0 Å². The highest BCUT2D eigenvalue weighted by Gasteiger charge is 2.17. The lowest BCUT2D eigenvalue weighted by molar-refractivity contribution is 0.720. The van der Waals surface area contributed by atoms with Crippen molar-refractivity contribution in [3.63, 3.8) is 0 Å².